The van der Waals surface area contributed by atoms with Gasteiger partial charge in [0.15, 0.2) is 11.5 Å². The van der Waals surface area contributed by atoms with Gasteiger partial charge in [0.05, 0.1) is 19.1 Å². The zero-order valence-electron chi connectivity index (χ0n) is 12.1. The normalized spacial score (nSPS) is 12.9. The molecule has 6 nitrogen and oxygen atoms in total. The van der Waals surface area contributed by atoms with Crippen LogP contribution in [0.4, 0.5) is 0 Å². The lowest BCUT2D eigenvalue weighted by molar-refractivity contribution is 0.186. The van der Waals surface area contributed by atoms with Crippen LogP contribution in [0.25, 0.3) is 0 Å². The zero-order valence-corrected chi connectivity index (χ0v) is 13.8. The number of hydrogen-bond acceptors (Lipinski definition) is 6. The SMILES string of the molecule is COc1ccc(S(=O)(=O)NC[C@@H](O)c2cccs2)cc1OC. The van der Waals surface area contributed by atoms with Gasteiger partial charge in [-0.1, -0.05) is 6.07 Å². The van der Waals surface area contributed by atoms with Crippen LogP contribution in [-0.4, -0.2) is 34.3 Å². The molecular weight excluding hydrogens is 326 g/mol. The maximum Gasteiger partial charge on any atom is 0.240 e. The van der Waals surface area contributed by atoms with Gasteiger partial charge >= 0.3 is 0 Å². The molecule has 0 amide bonds. The fourth-order valence-corrected chi connectivity index (χ4v) is 3.60. The van der Waals surface area contributed by atoms with Gasteiger partial charge in [-0.15, -0.1) is 11.3 Å². The van der Waals surface area contributed by atoms with Gasteiger partial charge in [0.25, 0.3) is 0 Å². The van der Waals surface area contributed by atoms with Crippen LogP contribution >= 0.6 is 11.3 Å². The van der Waals surface area contributed by atoms with Crippen molar-refractivity contribution in [2.45, 2.75) is 11.0 Å². The Morgan fingerprint density at radius 3 is 2.55 bits per heavy atom. The average molecular weight is 343 g/mol. The van der Waals surface area contributed by atoms with E-state index < -0.39 is 16.1 Å². The summed E-state index contributed by atoms with van der Waals surface area (Å²) in [5.74, 6) is 0.768. The minimum Gasteiger partial charge on any atom is -0.493 e. The molecule has 1 atom stereocenters. The number of sulfonamides is 1. The second kappa shape index (κ2) is 7.10. The molecule has 0 saturated heterocycles. The summed E-state index contributed by atoms with van der Waals surface area (Å²) in [7, 11) is -0.838. The highest BCUT2D eigenvalue weighted by Gasteiger charge is 2.19. The minimum atomic E-state index is -3.74. The predicted molar refractivity (Wildman–Crippen MR) is 84.0 cm³/mol. The Bertz CT molecular complexity index is 713. The van der Waals surface area contributed by atoms with E-state index in [2.05, 4.69) is 4.72 Å². The molecule has 1 heterocycles. The highest BCUT2D eigenvalue weighted by Crippen LogP contribution is 2.29. The van der Waals surface area contributed by atoms with Crippen molar-refractivity contribution >= 4 is 21.4 Å². The second-order valence-corrected chi connectivity index (χ2v) is 7.15. The molecule has 0 aliphatic carbocycles. The van der Waals surface area contributed by atoms with Gasteiger partial charge in [-0.3, -0.25) is 0 Å². The van der Waals surface area contributed by atoms with Crippen molar-refractivity contribution < 1.29 is 23.0 Å². The smallest absolute Gasteiger partial charge is 0.240 e. The molecule has 22 heavy (non-hydrogen) atoms. The number of rotatable bonds is 7. The van der Waals surface area contributed by atoms with Crippen molar-refractivity contribution in [1.29, 1.82) is 0 Å². The van der Waals surface area contributed by atoms with E-state index in [0.29, 0.717) is 16.4 Å². The lowest BCUT2D eigenvalue weighted by Gasteiger charge is -2.13. The van der Waals surface area contributed by atoms with Gasteiger partial charge in [0.2, 0.25) is 10.0 Å². The first kappa shape index (κ1) is 16.8. The third kappa shape index (κ3) is 3.77. The number of thiophene rings is 1. The zero-order chi connectivity index (χ0) is 16.2. The summed E-state index contributed by atoms with van der Waals surface area (Å²) in [4.78, 5) is 0.749. The highest BCUT2D eigenvalue weighted by atomic mass is 32.2. The van der Waals surface area contributed by atoms with Crippen LogP contribution in [0.1, 0.15) is 11.0 Å². The Morgan fingerprint density at radius 1 is 1.23 bits per heavy atom. The molecule has 1 aromatic carbocycles. The number of aliphatic hydroxyl groups is 1. The van der Waals surface area contributed by atoms with Crippen LogP contribution < -0.4 is 14.2 Å². The first-order valence-corrected chi connectivity index (χ1v) is 8.77. The Balaban J connectivity index is 2.13. The van der Waals surface area contributed by atoms with Crippen molar-refractivity contribution in [3.8, 4) is 11.5 Å². The minimum absolute atomic E-state index is 0.0449. The van der Waals surface area contributed by atoms with Gasteiger partial charge in [0, 0.05) is 17.5 Å². The summed E-state index contributed by atoms with van der Waals surface area (Å²) in [6.07, 6.45) is -0.880. The Kier molecular flexibility index (Phi) is 5.41. The topological polar surface area (TPSA) is 84.9 Å². The molecule has 0 spiro atoms. The number of hydrogen-bond donors (Lipinski definition) is 2. The maximum absolute atomic E-state index is 12.3. The number of benzene rings is 1. The fraction of sp³-hybridized carbons (Fsp3) is 0.286. The van der Waals surface area contributed by atoms with E-state index in [9.17, 15) is 13.5 Å². The summed E-state index contributed by atoms with van der Waals surface area (Å²) >= 11 is 1.37. The van der Waals surface area contributed by atoms with Crippen molar-refractivity contribution in [3.63, 3.8) is 0 Å². The van der Waals surface area contributed by atoms with Crippen molar-refractivity contribution in [3.05, 3.63) is 40.6 Å². The van der Waals surface area contributed by atoms with Gasteiger partial charge in [-0.05, 0) is 23.6 Å². The third-order valence-electron chi connectivity index (χ3n) is 3.00. The Morgan fingerprint density at radius 2 is 1.95 bits per heavy atom. The standard InChI is InChI=1S/C14H17NO5S2/c1-19-12-6-5-10(8-13(12)20-2)22(17,18)15-9-11(16)14-4-3-7-21-14/h3-8,11,15-16H,9H2,1-2H3/t11-/m1/s1. The molecule has 0 aliphatic rings. The molecule has 2 aromatic rings. The van der Waals surface area contributed by atoms with E-state index in [0.717, 1.165) is 0 Å². The number of ether oxygens (including phenoxy) is 2. The van der Waals surface area contributed by atoms with E-state index in [1.54, 1.807) is 12.1 Å². The largest absolute Gasteiger partial charge is 0.493 e. The summed E-state index contributed by atoms with van der Waals surface area (Å²) in [6, 6.07) is 7.86. The summed E-state index contributed by atoms with van der Waals surface area (Å²) in [6.45, 7) is -0.100. The Hall–Kier alpha value is -1.61. The van der Waals surface area contributed by atoms with Crippen LogP contribution in [0.15, 0.2) is 40.6 Å². The molecule has 0 radical (unpaired) electrons. The van der Waals surface area contributed by atoms with Crippen LogP contribution in [-0.2, 0) is 10.0 Å². The third-order valence-corrected chi connectivity index (χ3v) is 5.40. The van der Waals surface area contributed by atoms with Crippen molar-refractivity contribution in [2.24, 2.45) is 0 Å². The number of aliphatic hydroxyl groups excluding tert-OH is 1. The van der Waals surface area contributed by atoms with E-state index in [-0.39, 0.29) is 11.4 Å². The van der Waals surface area contributed by atoms with E-state index in [1.165, 1.54) is 43.8 Å². The first-order valence-electron chi connectivity index (χ1n) is 6.41. The molecule has 0 bridgehead atoms. The molecule has 8 heteroatoms. The van der Waals surface area contributed by atoms with Crippen LogP contribution in [0.2, 0.25) is 0 Å². The van der Waals surface area contributed by atoms with E-state index in [1.807, 2.05) is 5.38 Å². The van der Waals surface area contributed by atoms with Crippen LogP contribution in [0.3, 0.4) is 0 Å². The van der Waals surface area contributed by atoms with E-state index in [4.69, 9.17) is 9.47 Å². The van der Waals surface area contributed by atoms with Crippen molar-refractivity contribution in [2.75, 3.05) is 20.8 Å². The molecule has 0 fully saturated rings. The molecule has 0 saturated carbocycles. The van der Waals surface area contributed by atoms with Gasteiger partial charge < -0.3 is 14.6 Å². The predicted octanol–water partition coefficient (Wildman–Crippen LogP) is 1.78. The molecule has 2 N–H and O–H groups in total. The number of nitrogens with one attached hydrogen (secondary N) is 1. The quantitative estimate of drug-likeness (QED) is 0.800. The molecule has 0 aliphatic heterocycles. The molecule has 1 aromatic heterocycles. The summed E-state index contributed by atoms with van der Waals surface area (Å²) < 4.78 is 37.1. The molecule has 2 rings (SSSR count). The molecule has 120 valence electrons. The average Bonchev–Trinajstić information content (AvgIpc) is 3.06. The van der Waals surface area contributed by atoms with Crippen LogP contribution in [0, 0.1) is 0 Å². The Labute approximate surface area is 133 Å². The van der Waals surface area contributed by atoms with Gasteiger partial charge in [0.1, 0.15) is 6.10 Å². The van der Waals surface area contributed by atoms with Gasteiger partial charge in [-0.25, -0.2) is 13.1 Å². The summed E-state index contributed by atoms with van der Waals surface area (Å²) in [5, 5.41) is 11.8. The summed E-state index contributed by atoms with van der Waals surface area (Å²) in [5.41, 5.74) is 0. The molecule has 0 unspecified atom stereocenters. The lowest BCUT2D eigenvalue weighted by Crippen LogP contribution is -2.28. The lowest BCUT2D eigenvalue weighted by atomic mass is 10.3. The highest BCUT2D eigenvalue weighted by molar-refractivity contribution is 7.89. The number of methoxy groups -OCH3 is 2. The fourth-order valence-electron chi connectivity index (χ4n) is 1.84. The van der Waals surface area contributed by atoms with Crippen molar-refractivity contribution in [1.82, 2.24) is 4.72 Å². The first-order chi connectivity index (χ1) is 10.5. The van der Waals surface area contributed by atoms with E-state index >= 15 is 0 Å². The van der Waals surface area contributed by atoms with Gasteiger partial charge in [-0.2, -0.15) is 0 Å². The monoisotopic (exact) mass is 343 g/mol. The molecular formula is C14H17NO5S2. The maximum atomic E-state index is 12.3. The second-order valence-electron chi connectivity index (χ2n) is 4.40. The van der Waals surface area contributed by atoms with Crippen LogP contribution in [0.5, 0.6) is 11.5 Å².